The third-order valence-electron chi connectivity index (χ3n) is 4.78. The van der Waals surface area contributed by atoms with Crippen LogP contribution in [0.5, 0.6) is 11.5 Å². The number of nitrogens with zero attached hydrogens (tertiary/aromatic N) is 1. The smallest absolute Gasteiger partial charge is 0.325 e. The van der Waals surface area contributed by atoms with Crippen LogP contribution in [0.4, 0.5) is 10.5 Å². The van der Waals surface area contributed by atoms with Gasteiger partial charge in [-0.3, -0.25) is 14.5 Å². The van der Waals surface area contributed by atoms with E-state index in [-0.39, 0.29) is 0 Å². The van der Waals surface area contributed by atoms with E-state index in [1.54, 1.807) is 36.4 Å². The first-order valence-electron chi connectivity index (χ1n) is 9.36. The van der Waals surface area contributed by atoms with Crippen LogP contribution in [-0.2, 0) is 15.1 Å². The number of hydrogen-bond acceptors (Lipinski definition) is 5. The molecule has 0 spiro atoms. The number of halogens is 1. The summed E-state index contributed by atoms with van der Waals surface area (Å²) in [6.45, 7) is 1.12. The third-order valence-corrected chi connectivity index (χ3v) is 5.31. The van der Waals surface area contributed by atoms with Crippen LogP contribution in [-0.4, -0.2) is 29.3 Å². The number of amides is 4. The molecule has 1 fully saturated rings. The maximum Gasteiger partial charge on any atom is 0.325 e. The van der Waals surface area contributed by atoms with Crippen molar-refractivity contribution in [1.82, 2.24) is 10.2 Å². The van der Waals surface area contributed by atoms with E-state index in [2.05, 4.69) is 26.6 Å². The highest BCUT2D eigenvalue weighted by atomic mass is 79.9. The highest BCUT2D eigenvalue weighted by Crippen LogP contribution is 2.29. The van der Waals surface area contributed by atoms with Crippen molar-refractivity contribution in [2.24, 2.45) is 0 Å². The molecular formula is C22H18BrN3O5. The summed E-state index contributed by atoms with van der Waals surface area (Å²) in [6, 6.07) is 16.7. The van der Waals surface area contributed by atoms with E-state index in [9.17, 15) is 14.4 Å². The third kappa shape index (κ3) is 4.31. The molecule has 4 rings (SSSR count). The van der Waals surface area contributed by atoms with Crippen molar-refractivity contribution in [3.63, 3.8) is 0 Å². The molecule has 2 heterocycles. The molecule has 31 heavy (non-hydrogen) atoms. The van der Waals surface area contributed by atoms with E-state index < -0.39 is 29.9 Å². The quantitative estimate of drug-likeness (QED) is 0.510. The van der Waals surface area contributed by atoms with Crippen LogP contribution in [0.1, 0.15) is 12.7 Å². The van der Waals surface area contributed by atoms with Gasteiger partial charge in [-0.1, -0.05) is 15.9 Å². The molecular weight excluding hydrogens is 466 g/mol. The van der Waals surface area contributed by atoms with Gasteiger partial charge in [0.1, 0.15) is 23.8 Å². The minimum Gasteiger partial charge on any atom is -0.466 e. The molecule has 0 saturated carbocycles. The summed E-state index contributed by atoms with van der Waals surface area (Å²) in [5, 5.41) is 5.25. The molecule has 2 aromatic carbocycles. The van der Waals surface area contributed by atoms with Gasteiger partial charge in [0.2, 0.25) is 5.91 Å². The van der Waals surface area contributed by atoms with Crippen molar-refractivity contribution < 1.29 is 23.5 Å². The zero-order valence-corrected chi connectivity index (χ0v) is 18.0. The molecule has 0 bridgehead atoms. The Morgan fingerprint density at radius 1 is 1.10 bits per heavy atom. The predicted octanol–water partition coefficient (Wildman–Crippen LogP) is 4.24. The average Bonchev–Trinajstić information content (AvgIpc) is 3.36. The number of urea groups is 1. The molecule has 1 aliphatic heterocycles. The van der Waals surface area contributed by atoms with Gasteiger partial charge in [0.15, 0.2) is 5.54 Å². The summed E-state index contributed by atoms with van der Waals surface area (Å²) in [6.07, 6.45) is 1.42. The second kappa shape index (κ2) is 8.27. The Hall–Kier alpha value is -3.59. The number of imide groups is 1. The molecule has 158 valence electrons. The fraction of sp³-hybridized carbons (Fsp3) is 0.136. The minimum atomic E-state index is -1.34. The van der Waals surface area contributed by atoms with Gasteiger partial charge in [-0.2, -0.15) is 0 Å². The molecule has 1 aromatic heterocycles. The Labute approximate surface area is 186 Å². The maximum atomic E-state index is 12.7. The number of carbonyl (C=O) groups is 3. The van der Waals surface area contributed by atoms with Crippen molar-refractivity contribution in [3.8, 4) is 11.5 Å². The van der Waals surface area contributed by atoms with E-state index >= 15 is 0 Å². The number of hydrogen-bond donors (Lipinski definition) is 2. The van der Waals surface area contributed by atoms with Gasteiger partial charge in [-0.15, -0.1) is 0 Å². The van der Waals surface area contributed by atoms with Gasteiger partial charge in [-0.25, -0.2) is 4.79 Å². The van der Waals surface area contributed by atoms with Gasteiger partial charge < -0.3 is 19.8 Å². The molecule has 9 heteroatoms. The summed E-state index contributed by atoms with van der Waals surface area (Å²) in [5.41, 5.74) is -0.832. The topological polar surface area (TPSA) is 101 Å². The number of benzene rings is 2. The van der Waals surface area contributed by atoms with E-state index in [1.807, 2.05) is 24.3 Å². The molecule has 1 atom stereocenters. The van der Waals surface area contributed by atoms with Crippen LogP contribution in [0.3, 0.4) is 0 Å². The Morgan fingerprint density at radius 2 is 1.74 bits per heavy atom. The second-order valence-corrected chi connectivity index (χ2v) is 7.97. The molecule has 2 N–H and O–H groups in total. The fourth-order valence-corrected chi connectivity index (χ4v) is 3.42. The summed E-state index contributed by atoms with van der Waals surface area (Å²) in [7, 11) is 0. The molecule has 1 unspecified atom stereocenters. The predicted molar refractivity (Wildman–Crippen MR) is 116 cm³/mol. The van der Waals surface area contributed by atoms with Crippen molar-refractivity contribution in [2.45, 2.75) is 12.5 Å². The Balaban J connectivity index is 1.37. The largest absolute Gasteiger partial charge is 0.466 e. The van der Waals surface area contributed by atoms with Crippen LogP contribution in [0.15, 0.2) is 75.8 Å². The summed E-state index contributed by atoms with van der Waals surface area (Å²) in [4.78, 5) is 38.3. The van der Waals surface area contributed by atoms with Gasteiger partial charge in [-0.05, 0) is 67.6 Å². The minimum absolute atomic E-state index is 0.301. The lowest BCUT2D eigenvalue weighted by atomic mass is 9.99. The second-order valence-electron chi connectivity index (χ2n) is 7.05. The Morgan fingerprint density at radius 3 is 2.35 bits per heavy atom. The lowest BCUT2D eigenvalue weighted by Crippen LogP contribution is -2.41. The SMILES string of the molecule is CC1(c2ccco2)NC(=O)N(CC(=O)Nc2ccc(Oc3ccc(Br)cc3)cc2)C1=O. The van der Waals surface area contributed by atoms with Crippen molar-refractivity contribution in [2.75, 3.05) is 11.9 Å². The normalized spacial score (nSPS) is 18.1. The number of anilines is 1. The first-order chi connectivity index (χ1) is 14.8. The molecule has 0 radical (unpaired) electrons. The van der Waals surface area contributed by atoms with Crippen LogP contribution in [0.25, 0.3) is 0 Å². The van der Waals surface area contributed by atoms with Gasteiger partial charge in [0.25, 0.3) is 5.91 Å². The Bertz CT molecular complexity index is 1110. The molecule has 1 aliphatic rings. The summed E-state index contributed by atoms with van der Waals surface area (Å²) in [5.74, 6) is 0.520. The zero-order chi connectivity index (χ0) is 22.0. The zero-order valence-electron chi connectivity index (χ0n) is 16.4. The van der Waals surface area contributed by atoms with Gasteiger partial charge in [0.05, 0.1) is 6.26 Å². The number of furan rings is 1. The first kappa shape index (κ1) is 20.7. The lowest BCUT2D eigenvalue weighted by molar-refractivity contribution is -0.134. The number of ether oxygens (including phenoxy) is 1. The van der Waals surface area contributed by atoms with Crippen molar-refractivity contribution in [1.29, 1.82) is 0 Å². The average molecular weight is 484 g/mol. The molecule has 8 nitrogen and oxygen atoms in total. The highest BCUT2D eigenvalue weighted by molar-refractivity contribution is 9.10. The van der Waals surface area contributed by atoms with Crippen molar-refractivity contribution >= 4 is 39.5 Å². The molecule has 0 aliphatic carbocycles. The molecule has 1 saturated heterocycles. The Kier molecular flexibility index (Phi) is 5.51. The number of carbonyl (C=O) groups excluding carboxylic acids is 3. The first-order valence-corrected chi connectivity index (χ1v) is 10.2. The van der Waals surface area contributed by atoms with E-state index in [1.165, 1.54) is 13.2 Å². The monoisotopic (exact) mass is 483 g/mol. The highest BCUT2D eigenvalue weighted by Gasteiger charge is 2.51. The lowest BCUT2D eigenvalue weighted by Gasteiger charge is -2.18. The maximum absolute atomic E-state index is 12.7. The van der Waals surface area contributed by atoms with E-state index in [0.29, 0.717) is 22.9 Å². The summed E-state index contributed by atoms with van der Waals surface area (Å²) >= 11 is 3.37. The number of rotatable bonds is 6. The van der Waals surface area contributed by atoms with Gasteiger partial charge >= 0.3 is 6.03 Å². The van der Waals surface area contributed by atoms with Crippen LogP contribution in [0.2, 0.25) is 0 Å². The van der Waals surface area contributed by atoms with Crippen LogP contribution in [0, 0.1) is 0 Å². The van der Waals surface area contributed by atoms with Gasteiger partial charge in [0, 0.05) is 10.2 Å². The standard InChI is InChI=1S/C22H18BrN3O5/c1-22(18-3-2-12-30-18)20(28)26(21(29)25-22)13-19(27)24-15-6-10-17(11-7-15)31-16-8-4-14(23)5-9-16/h2-12H,13H2,1H3,(H,24,27)(H,25,29). The number of nitrogens with one attached hydrogen (secondary N) is 2. The fourth-order valence-electron chi connectivity index (χ4n) is 3.16. The van der Waals surface area contributed by atoms with E-state index in [0.717, 1.165) is 9.37 Å². The van der Waals surface area contributed by atoms with E-state index in [4.69, 9.17) is 9.15 Å². The summed E-state index contributed by atoms with van der Waals surface area (Å²) < 4.78 is 12.0. The van der Waals surface area contributed by atoms with Crippen molar-refractivity contribution in [3.05, 3.63) is 77.2 Å². The van der Waals surface area contributed by atoms with Crippen LogP contribution < -0.4 is 15.4 Å². The van der Waals surface area contributed by atoms with Crippen LogP contribution >= 0.6 is 15.9 Å². The molecule has 4 amide bonds. The molecule has 3 aromatic rings.